The fourth-order valence-electron chi connectivity index (χ4n) is 3.67. The summed E-state index contributed by atoms with van der Waals surface area (Å²) in [5.74, 6) is 1.19. The van der Waals surface area contributed by atoms with E-state index in [0.717, 1.165) is 10.8 Å². The molecule has 2 aromatic carbocycles. The molecular formula is C23H27NO6. The Bertz CT molecular complexity index is 1090. The lowest BCUT2D eigenvalue weighted by molar-refractivity contribution is 0.255. The Morgan fingerprint density at radius 3 is 2.27 bits per heavy atom. The van der Waals surface area contributed by atoms with Crippen LogP contribution in [-0.2, 0) is 19.8 Å². The van der Waals surface area contributed by atoms with Gasteiger partial charge < -0.3 is 29.4 Å². The summed E-state index contributed by atoms with van der Waals surface area (Å²) in [6.45, 7) is 3.87. The maximum absolute atomic E-state index is 13.2. The van der Waals surface area contributed by atoms with Crippen LogP contribution in [0.15, 0.2) is 41.3 Å². The molecule has 0 aliphatic carbocycles. The molecule has 0 unspecified atom stereocenters. The van der Waals surface area contributed by atoms with E-state index in [0.29, 0.717) is 47.0 Å². The highest BCUT2D eigenvalue weighted by molar-refractivity contribution is 5.99. The lowest BCUT2D eigenvalue weighted by Crippen LogP contribution is -2.26. The molecule has 3 aromatic rings. The van der Waals surface area contributed by atoms with Crippen LogP contribution in [0.25, 0.3) is 21.9 Å². The van der Waals surface area contributed by atoms with Crippen LogP contribution < -0.4 is 15.0 Å². The molecule has 7 heteroatoms. The molecule has 0 saturated heterocycles. The van der Waals surface area contributed by atoms with Gasteiger partial charge in [0.05, 0.1) is 38.6 Å². The van der Waals surface area contributed by atoms with Crippen molar-refractivity contribution in [3.63, 3.8) is 0 Å². The van der Waals surface area contributed by atoms with Crippen LogP contribution in [-0.4, -0.2) is 39.7 Å². The first-order valence-corrected chi connectivity index (χ1v) is 10.00. The molecule has 3 rings (SSSR count). The summed E-state index contributed by atoms with van der Waals surface area (Å²) in [6.07, 6.45) is 1.48. The van der Waals surface area contributed by atoms with Gasteiger partial charge in [-0.05, 0) is 47.9 Å². The molecule has 0 saturated carbocycles. The van der Waals surface area contributed by atoms with Gasteiger partial charge in [0.2, 0.25) is 0 Å². The van der Waals surface area contributed by atoms with Gasteiger partial charge in [0.1, 0.15) is 0 Å². The van der Waals surface area contributed by atoms with E-state index >= 15 is 0 Å². The standard InChI is InChI=1S/C23H27NO6/c1-3-29-20-10-15-6-5-7-17(18(15)11-21(20)30-4-2)22-19(14-27)16(13-26)12-24(8-9-25)23(22)28/h5-7,10-12,25-27H,3-4,8-9,13-14H2,1-2H3. The number of benzene rings is 2. The molecule has 0 radical (unpaired) electrons. The van der Waals surface area contributed by atoms with Gasteiger partial charge in [-0.3, -0.25) is 4.79 Å². The van der Waals surface area contributed by atoms with Gasteiger partial charge in [-0.1, -0.05) is 18.2 Å². The highest BCUT2D eigenvalue weighted by atomic mass is 16.5. The summed E-state index contributed by atoms with van der Waals surface area (Å²) in [5.41, 5.74) is 1.39. The van der Waals surface area contributed by atoms with Gasteiger partial charge in [0.15, 0.2) is 11.5 Å². The van der Waals surface area contributed by atoms with Crippen LogP contribution in [0.4, 0.5) is 0 Å². The van der Waals surface area contributed by atoms with E-state index < -0.39 is 6.61 Å². The fraction of sp³-hybridized carbons (Fsp3) is 0.348. The zero-order valence-corrected chi connectivity index (χ0v) is 17.2. The van der Waals surface area contributed by atoms with Gasteiger partial charge in [0.25, 0.3) is 5.56 Å². The van der Waals surface area contributed by atoms with Crippen molar-refractivity contribution in [2.45, 2.75) is 33.6 Å². The van der Waals surface area contributed by atoms with Crippen molar-refractivity contribution in [3.05, 3.63) is 58.0 Å². The number of aromatic nitrogens is 1. The van der Waals surface area contributed by atoms with Gasteiger partial charge in [-0.2, -0.15) is 0 Å². The predicted molar refractivity (Wildman–Crippen MR) is 115 cm³/mol. The molecule has 1 aromatic heterocycles. The molecule has 3 N–H and O–H groups in total. The molecule has 0 atom stereocenters. The second kappa shape index (κ2) is 9.75. The van der Waals surface area contributed by atoms with E-state index in [2.05, 4.69) is 0 Å². The van der Waals surface area contributed by atoms with Crippen LogP contribution in [0, 0.1) is 0 Å². The second-order valence-electron chi connectivity index (χ2n) is 6.74. The van der Waals surface area contributed by atoms with Crippen LogP contribution >= 0.6 is 0 Å². The maximum atomic E-state index is 13.2. The minimum atomic E-state index is -0.397. The van der Waals surface area contributed by atoms with E-state index in [1.807, 2.05) is 38.1 Å². The van der Waals surface area contributed by atoms with Crippen molar-refractivity contribution >= 4 is 10.8 Å². The minimum absolute atomic E-state index is 0.0913. The van der Waals surface area contributed by atoms with Crippen molar-refractivity contribution in [2.75, 3.05) is 19.8 Å². The number of fused-ring (bicyclic) bond motifs is 1. The first kappa shape index (κ1) is 21.8. The highest BCUT2D eigenvalue weighted by Gasteiger charge is 2.19. The average Bonchev–Trinajstić information content (AvgIpc) is 2.75. The molecule has 0 spiro atoms. The molecule has 30 heavy (non-hydrogen) atoms. The topological polar surface area (TPSA) is 101 Å². The van der Waals surface area contributed by atoms with E-state index in [-0.39, 0.29) is 25.3 Å². The van der Waals surface area contributed by atoms with Crippen LogP contribution in [0.1, 0.15) is 25.0 Å². The van der Waals surface area contributed by atoms with Crippen molar-refractivity contribution in [3.8, 4) is 22.6 Å². The van der Waals surface area contributed by atoms with Gasteiger partial charge >= 0.3 is 0 Å². The summed E-state index contributed by atoms with van der Waals surface area (Å²) in [5, 5.41) is 30.8. The summed E-state index contributed by atoms with van der Waals surface area (Å²) in [4.78, 5) is 13.2. The molecule has 0 amide bonds. The predicted octanol–water partition coefficient (Wildman–Crippen LogP) is 2.44. The largest absolute Gasteiger partial charge is 0.490 e. The first-order valence-electron chi connectivity index (χ1n) is 10.00. The van der Waals surface area contributed by atoms with Gasteiger partial charge in [0, 0.05) is 18.3 Å². The third-order valence-electron chi connectivity index (χ3n) is 4.96. The lowest BCUT2D eigenvalue weighted by Gasteiger charge is -2.18. The number of rotatable bonds is 9. The maximum Gasteiger partial charge on any atom is 0.258 e. The number of ether oxygens (including phenoxy) is 2. The van der Waals surface area contributed by atoms with Crippen LogP contribution in [0.3, 0.4) is 0 Å². The third kappa shape index (κ3) is 4.05. The number of aliphatic hydroxyl groups is 3. The van der Waals surface area contributed by atoms with E-state index in [1.165, 1.54) is 10.8 Å². The lowest BCUT2D eigenvalue weighted by atomic mass is 9.93. The molecular weight excluding hydrogens is 386 g/mol. The third-order valence-corrected chi connectivity index (χ3v) is 4.96. The number of hydrogen-bond acceptors (Lipinski definition) is 6. The Morgan fingerprint density at radius 2 is 1.67 bits per heavy atom. The van der Waals surface area contributed by atoms with Crippen molar-refractivity contribution in [1.82, 2.24) is 4.57 Å². The number of hydrogen-bond donors (Lipinski definition) is 3. The Morgan fingerprint density at radius 1 is 0.967 bits per heavy atom. The molecule has 0 aliphatic rings. The monoisotopic (exact) mass is 413 g/mol. The Hall–Kier alpha value is -2.87. The number of pyridine rings is 1. The number of aliphatic hydroxyl groups excluding tert-OH is 3. The summed E-state index contributed by atoms with van der Waals surface area (Å²) < 4.78 is 12.8. The molecule has 0 fully saturated rings. The molecule has 1 heterocycles. The Balaban J connectivity index is 2.37. The van der Waals surface area contributed by atoms with Crippen LogP contribution in [0.5, 0.6) is 11.5 Å². The summed E-state index contributed by atoms with van der Waals surface area (Å²) >= 11 is 0. The zero-order chi connectivity index (χ0) is 21.7. The molecule has 0 bridgehead atoms. The zero-order valence-electron chi connectivity index (χ0n) is 17.2. The normalized spacial score (nSPS) is 11.1. The first-order chi connectivity index (χ1) is 14.6. The SMILES string of the molecule is CCOc1cc2cccc(-c3c(CO)c(CO)cn(CCO)c3=O)c2cc1OCC. The fourth-order valence-corrected chi connectivity index (χ4v) is 3.67. The van der Waals surface area contributed by atoms with E-state index in [1.54, 1.807) is 6.07 Å². The number of nitrogens with zero attached hydrogens (tertiary/aromatic N) is 1. The van der Waals surface area contributed by atoms with Crippen molar-refractivity contribution in [2.24, 2.45) is 0 Å². The smallest absolute Gasteiger partial charge is 0.258 e. The minimum Gasteiger partial charge on any atom is -0.490 e. The molecule has 7 nitrogen and oxygen atoms in total. The van der Waals surface area contributed by atoms with Gasteiger partial charge in [-0.25, -0.2) is 0 Å². The van der Waals surface area contributed by atoms with Gasteiger partial charge in [-0.15, -0.1) is 0 Å². The van der Waals surface area contributed by atoms with Crippen LogP contribution in [0.2, 0.25) is 0 Å². The molecule has 0 aliphatic heterocycles. The second-order valence-corrected chi connectivity index (χ2v) is 6.74. The van der Waals surface area contributed by atoms with Crippen molar-refractivity contribution in [1.29, 1.82) is 0 Å². The summed E-state index contributed by atoms with van der Waals surface area (Å²) in [6, 6.07) is 9.25. The molecule has 160 valence electrons. The van der Waals surface area contributed by atoms with E-state index in [4.69, 9.17) is 9.47 Å². The summed E-state index contributed by atoms with van der Waals surface area (Å²) in [7, 11) is 0. The quantitative estimate of drug-likeness (QED) is 0.498. The Labute approximate surface area is 174 Å². The average molecular weight is 413 g/mol. The van der Waals surface area contributed by atoms with E-state index in [9.17, 15) is 20.1 Å². The highest BCUT2D eigenvalue weighted by Crippen LogP contribution is 2.38. The Kier molecular flexibility index (Phi) is 7.10. The van der Waals surface area contributed by atoms with Crippen molar-refractivity contribution < 1.29 is 24.8 Å².